The fourth-order valence-electron chi connectivity index (χ4n) is 3.82. The van der Waals surface area contributed by atoms with Crippen molar-refractivity contribution in [3.8, 4) is 11.5 Å². The minimum atomic E-state index is -0.703. The largest absolute Gasteiger partial charge is 0.497 e. The summed E-state index contributed by atoms with van der Waals surface area (Å²) < 4.78 is 13.6. The highest BCUT2D eigenvalue weighted by atomic mass is 16.5. The van der Waals surface area contributed by atoms with Crippen LogP contribution in [0.4, 0.5) is 0 Å². The normalized spacial score (nSPS) is 21.4. The number of hydrogen-bond acceptors (Lipinski definition) is 4. The predicted octanol–water partition coefficient (Wildman–Crippen LogP) is 3.64. The molecule has 140 valence electrons. The van der Waals surface area contributed by atoms with Crippen molar-refractivity contribution in [3.05, 3.63) is 77.9 Å². The van der Waals surface area contributed by atoms with Crippen molar-refractivity contribution in [1.82, 2.24) is 9.55 Å². The van der Waals surface area contributed by atoms with Gasteiger partial charge in [-0.15, -0.1) is 0 Å². The molecule has 27 heavy (non-hydrogen) atoms. The number of aryl methyl sites for hydroxylation is 2. The van der Waals surface area contributed by atoms with E-state index in [2.05, 4.69) is 17.1 Å². The number of imidazole rings is 1. The summed E-state index contributed by atoms with van der Waals surface area (Å²) in [6, 6.07) is 15.9. The highest BCUT2D eigenvalue weighted by Crippen LogP contribution is 2.45. The van der Waals surface area contributed by atoms with E-state index >= 15 is 0 Å². The third-order valence-corrected chi connectivity index (χ3v) is 5.27. The molecule has 4 rings (SSSR count). The number of benzene rings is 2. The number of methoxy groups -OCH3 is 1. The second kappa shape index (κ2) is 7.45. The Balaban J connectivity index is 1.67. The standard InChI is InChI=1S/C22H24N2O3/c1-24-13-12-23-22(24)20-19(10-8-15-6-4-3-5-7-15)27-18-11-9-16(26-2)14-17(18)21(20)25/h3-7,9,11-14,19-21,25H,8,10H2,1-2H3. The molecule has 1 N–H and O–H groups in total. The number of aromatic nitrogens is 2. The van der Waals surface area contributed by atoms with Crippen LogP contribution in [0.1, 0.15) is 35.4 Å². The van der Waals surface area contributed by atoms with Gasteiger partial charge in [0.1, 0.15) is 23.4 Å². The van der Waals surface area contributed by atoms with Crippen LogP contribution in [0.5, 0.6) is 11.5 Å². The SMILES string of the molecule is COc1ccc2c(c1)C(O)C(c1nccn1C)C(CCc1ccccc1)O2. The number of aliphatic hydroxyl groups is 1. The predicted molar refractivity (Wildman–Crippen MR) is 103 cm³/mol. The first-order valence-electron chi connectivity index (χ1n) is 9.21. The van der Waals surface area contributed by atoms with E-state index < -0.39 is 6.10 Å². The molecule has 1 aliphatic heterocycles. The maximum Gasteiger partial charge on any atom is 0.125 e. The molecular formula is C22H24N2O3. The van der Waals surface area contributed by atoms with E-state index in [0.717, 1.165) is 24.2 Å². The van der Waals surface area contributed by atoms with Crippen molar-refractivity contribution in [1.29, 1.82) is 0 Å². The molecule has 0 amide bonds. The first kappa shape index (κ1) is 17.6. The highest BCUT2D eigenvalue weighted by Gasteiger charge is 2.40. The van der Waals surface area contributed by atoms with E-state index in [-0.39, 0.29) is 12.0 Å². The van der Waals surface area contributed by atoms with Gasteiger partial charge in [0.2, 0.25) is 0 Å². The van der Waals surface area contributed by atoms with Crippen LogP contribution < -0.4 is 9.47 Å². The first-order valence-corrected chi connectivity index (χ1v) is 9.21. The fourth-order valence-corrected chi connectivity index (χ4v) is 3.82. The lowest BCUT2D eigenvalue weighted by Crippen LogP contribution is -2.36. The zero-order valence-electron chi connectivity index (χ0n) is 15.6. The Hall–Kier alpha value is -2.79. The average Bonchev–Trinajstić information content (AvgIpc) is 3.12. The number of ether oxygens (including phenoxy) is 2. The monoisotopic (exact) mass is 364 g/mol. The summed E-state index contributed by atoms with van der Waals surface area (Å²) in [7, 11) is 3.57. The van der Waals surface area contributed by atoms with Crippen LogP contribution >= 0.6 is 0 Å². The van der Waals surface area contributed by atoms with Crippen molar-refractivity contribution in [2.24, 2.45) is 7.05 Å². The molecule has 0 radical (unpaired) electrons. The molecule has 0 spiro atoms. The summed E-state index contributed by atoms with van der Waals surface area (Å²) >= 11 is 0. The Labute approximate surface area is 159 Å². The topological polar surface area (TPSA) is 56.5 Å². The van der Waals surface area contributed by atoms with Crippen molar-refractivity contribution >= 4 is 0 Å². The molecule has 0 fully saturated rings. The Kier molecular flexibility index (Phi) is 4.86. The lowest BCUT2D eigenvalue weighted by molar-refractivity contribution is 0.0300. The third-order valence-electron chi connectivity index (χ3n) is 5.27. The Morgan fingerprint density at radius 2 is 2.00 bits per heavy atom. The number of fused-ring (bicyclic) bond motifs is 1. The van der Waals surface area contributed by atoms with Gasteiger partial charge in [-0.25, -0.2) is 4.98 Å². The minimum absolute atomic E-state index is 0.165. The van der Waals surface area contributed by atoms with Crippen LogP contribution in [0.2, 0.25) is 0 Å². The summed E-state index contributed by atoms with van der Waals surface area (Å²) in [5, 5.41) is 11.2. The molecule has 5 heteroatoms. The zero-order chi connectivity index (χ0) is 18.8. The van der Waals surface area contributed by atoms with Gasteiger partial charge in [0.25, 0.3) is 0 Å². The van der Waals surface area contributed by atoms with Crippen LogP contribution in [0.25, 0.3) is 0 Å². The van der Waals surface area contributed by atoms with Crippen LogP contribution in [-0.4, -0.2) is 27.9 Å². The lowest BCUT2D eigenvalue weighted by atomic mass is 9.84. The number of rotatable bonds is 5. The molecule has 0 saturated heterocycles. The van der Waals surface area contributed by atoms with Crippen molar-refractivity contribution < 1.29 is 14.6 Å². The van der Waals surface area contributed by atoms with E-state index in [9.17, 15) is 5.11 Å². The maximum atomic E-state index is 11.2. The molecule has 2 aromatic carbocycles. The van der Waals surface area contributed by atoms with Gasteiger partial charge in [-0.1, -0.05) is 30.3 Å². The average molecular weight is 364 g/mol. The molecule has 1 aromatic heterocycles. The Bertz CT molecular complexity index is 907. The van der Waals surface area contributed by atoms with Gasteiger partial charge in [0.05, 0.1) is 19.1 Å². The van der Waals surface area contributed by atoms with E-state index in [1.54, 1.807) is 13.3 Å². The molecular weight excluding hydrogens is 340 g/mol. The fraction of sp³-hybridized carbons (Fsp3) is 0.318. The van der Waals surface area contributed by atoms with Crippen molar-refractivity contribution in [2.75, 3.05) is 7.11 Å². The first-order chi connectivity index (χ1) is 13.2. The molecule has 0 aliphatic carbocycles. The molecule has 2 heterocycles. The third kappa shape index (κ3) is 3.43. The van der Waals surface area contributed by atoms with E-state index in [1.165, 1.54) is 5.56 Å². The quantitative estimate of drug-likeness (QED) is 0.751. The Morgan fingerprint density at radius 3 is 2.70 bits per heavy atom. The minimum Gasteiger partial charge on any atom is -0.497 e. The zero-order valence-corrected chi connectivity index (χ0v) is 15.6. The second-order valence-electron chi connectivity index (χ2n) is 6.95. The molecule has 3 atom stereocenters. The highest BCUT2D eigenvalue weighted by molar-refractivity contribution is 5.45. The smallest absolute Gasteiger partial charge is 0.125 e. The molecule has 1 aliphatic rings. The number of hydrogen-bond donors (Lipinski definition) is 1. The van der Waals surface area contributed by atoms with Gasteiger partial charge < -0.3 is 19.1 Å². The number of aliphatic hydroxyl groups excluding tert-OH is 1. The summed E-state index contributed by atoms with van der Waals surface area (Å²) in [5.74, 6) is 2.01. The summed E-state index contributed by atoms with van der Waals surface area (Å²) in [4.78, 5) is 4.50. The van der Waals surface area contributed by atoms with E-state index in [0.29, 0.717) is 11.5 Å². The van der Waals surface area contributed by atoms with Gasteiger partial charge in [0, 0.05) is 25.0 Å². The van der Waals surface area contributed by atoms with Crippen LogP contribution in [0.3, 0.4) is 0 Å². The molecule has 3 unspecified atom stereocenters. The Morgan fingerprint density at radius 1 is 1.19 bits per heavy atom. The van der Waals surface area contributed by atoms with Crippen LogP contribution in [0.15, 0.2) is 60.9 Å². The summed E-state index contributed by atoms with van der Waals surface area (Å²) in [6.45, 7) is 0. The van der Waals surface area contributed by atoms with Crippen LogP contribution in [0, 0.1) is 0 Å². The molecule has 0 saturated carbocycles. The second-order valence-corrected chi connectivity index (χ2v) is 6.95. The van der Waals surface area contributed by atoms with Gasteiger partial charge >= 0.3 is 0 Å². The van der Waals surface area contributed by atoms with Gasteiger partial charge in [0.15, 0.2) is 0 Å². The maximum absolute atomic E-state index is 11.2. The summed E-state index contributed by atoms with van der Waals surface area (Å²) in [5.41, 5.74) is 2.01. The van der Waals surface area contributed by atoms with Crippen molar-refractivity contribution in [3.63, 3.8) is 0 Å². The van der Waals surface area contributed by atoms with Crippen molar-refractivity contribution in [2.45, 2.75) is 31.0 Å². The number of nitrogens with zero attached hydrogens (tertiary/aromatic N) is 2. The molecule has 5 nitrogen and oxygen atoms in total. The summed E-state index contributed by atoms with van der Waals surface area (Å²) in [6.07, 6.45) is 4.47. The van der Waals surface area contributed by atoms with E-state index in [4.69, 9.17) is 9.47 Å². The van der Waals surface area contributed by atoms with E-state index in [1.807, 2.05) is 54.2 Å². The lowest BCUT2D eigenvalue weighted by Gasteiger charge is -2.37. The van der Waals surface area contributed by atoms with Gasteiger partial charge in [-0.3, -0.25) is 0 Å². The van der Waals surface area contributed by atoms with Gasteiger partial charge in [-0.05, 0) is 36.6 Å². The van der Waals surface area contributed by atoms with Crippen LogP contribution in [-0.2, 0) is 13.5 Å². The molecule has 3 aromatic rings. The molecule has 0 bridgehead atoms. The van der Waals surface area contributed by atoms with Gasteiger partial charge in [-0.2, -0.15) is 0 Å².